The number of carbonyl (C=O) groups excluding carboxylic acids is 1. The van der Waals surface area contributed by atoms with Crippen molar-refractivity contribution in [2.45, 2.75) is 12.3 Å². The van der Waals surface area contributed by atoms with Gasteiger partial charge in [-0.15, -0.1) is 0 Å². The van der Waals surface area contributed by atoms with Crippen LogP contribution in [0.15, 0.2) is 66.7 Å². The Morgan fingerprint density at radius 1 is 0.853 bits per heavy atom. The molecule has 0 saturated carbocycles. The van der Waals surface area contributed by atoms with Crippen molar-refractivity contribution in [1.82, 2.24) is 5.32 Å². The summed E-state index contributed by atoms with van der Waals surface area (Å²) in [6.45, 7) is 0.547. The SMILES string of the molecule is O=C(NCCCOc1cc(C(=O)O)ccc1C(=O)O)OCC1c2ccccc2-c2ccccc21. The normalized spacial score (nSPS) is 11.9. The molecule has 8 nitrogen and oxygen atoms in total. The lowest BCUT2D eigenvalue weighted by Gasteiger charge is -2.15. The van der Waals surface area contributed by atoms with E-state index in [2.05, 4.69) is 17.4 Å². The second-order valence-corrected chi connectivity index (χ2v) is 7.78. The minimum Gasteiger partial charge on any atom is -0.493 e. The molecule has 0 atom stereocenters. The van der Waals surface area contributed by atoms with Crippen LogP contribution in [0.5, 0.6) is 5.75 Å². The first-order chi connectivity index (χ1) is 16.5. The van der Waals surface area contributed by atoms with Gasteiger partial charge >= 0.3 is 18.0 Å². The lowest BCUT2D eigenvalue weighted by atomic mass is 9.98. The monoisotopic (exact) mass is 461 g/mol. The van der Waals surface area contributed by atoms with Crippen LogP contribution in [0.3, 0.4) is 0 Å². The highest BCUT2D eigenvalue weighted by atomic mass is 16.5. The number of nitrogens with one attached hydrogen (secondary N) is 1. The molecule has 0 heterocycles. The molecular formula is C26H23NO7. The number of carboxylic acids is 2. The summed E-state index contributed by atoms with van der Waals surface area (Å²) >= 11 is 0. The van der Waals surface area contributed by atoms with Crippen LogP contribution in [-0.4, -0.2) is 48.0 Å². The first kappa shape index (κ1) is 22.8. The number of ether oxygens (including phenoxy) is 2. The van der Waals surface area contributed by atoms with E-state index in [4.69, 9.17) is 14.6 Å². The maximum Gasteiger partial charge on any atom is 0.407 e. The molecule has 0 fully saturated rings. The number of carbonyl (C=O) groups is 3. The second-order valence-electron chi connectivity index (χ2n) is 7.78. The van der Waals surface area contributed by atoms with E-state index in [0.717, 1.165) is 22.3 Å². The van der Waals surface area contributed by atoms with Crippen LogP contribution < -0.4 is 10.1 Å². The van der Waals surface area contributed by atoms with E-state index >= 15 is 0 Å². The standard InChI is InChI=1S/C26H23NO7/c28-24(29)16-10-11-21(25(30)31)23(14-16)33-13-5-12-27-26(32)34-15-22-19-8-3-1-6-17(19)18-7-2-4-9-20(18)22/h1-4,6-11,14,22H,5,12-13,15H2,(H,27,32)(H,28,29)(H,30,31). The number of alkyl carbamates (subject to hydrolysis) is 1. The van der Waals surface area contributed by atoms with Gasteiger partial charge in [0.15, 0.2) is 0 Å². The molecule has 0 radical (unpaired) electrons. The van der Waals surface area contributed by atoms with Crippen LogP contribution in [0.25, 0.3) is 11.1 Å². The van der Waals surface area contributed by atoms with Crippen LogP contribution in [-0.2, 0) is 4.74 Å². The Balaban J connectivity index is 1.26. The van der Waals surface area contributed by atoms with Crippen LogP contribution in [0.4, 0.5) is 4.79 Å². The van der Waals surface area contributed by atoms with E-state index in [1.807, 2.05) is 36.4 Å². The van der Waals surface area contributed by atoms with Crippen LogP contribution in [0, 0.1) is 0 Å². The van der Waals surface area contributed by atoms with Crippen molar-refractivity contribution in [2.75, 3.05) is 19.8 Å². The van der Waals surface area contributed by atoms with Crippen molar-refractivity contribution >= 4 is 18.0 Å². The average Bonchev–Trinajstić information content (AvgIpc) is 3.16. The highest BCUT2D eigenvalue weighted by molar-refractivity contribution is 5.94. The zero-order valence-electron chi connectivity index (χ0n) is 18.2. The predicted molar refractivity (Wildman–Crippen MR) is 124 cm³/mol. The summed E-state index contributed by atoms with van der Waals surface area (Å²) in [5.74, 6) is -2.46. The summed E-state index contributed by atoms with van der Waals surface area (Å²) in [5.41, 5.74) is 4.35. The number of rotatable bonds is 9. The van der Waals surface area contributed by atoms with Crippen LogP contribution in [0.1, 0.15) is 44.2 Å². The zero-order chi connectivity index (χ0) is 24.1. The Morgan fingerprint density at radius 2 is 1.50 bits per heavy atom. The largest absolute Gasteiger partial charge is 0.493 e. The molecule has 1 aliphatic rings. The Bertz CT molecular complexity index is 1190. The molecule has 0 spiro atoms. The third-order valence-corrected chi connectivity index (χ3v) is 5.65. The predicted octanol–water partition coefficient (Wildman–Crippen LogP) is 4.39. The van der Waals surface area contributed by atoms with Gasteiger partial charge in [-0.05, 0) is 46.9 Å². The third-order valence-electron chi connectivity index (χ3n) is 5.65. The van der Waals surface area contributed by atoms with Gasteiger partial charge in [-0.2, -0.15) is 0 Å². The fourth-order valence-corrected chi connectivity index (χ4v) is 4.05. The van der Waals surface area contributed by atoms with Gasteiger partial charge in [-0.3, -0.25) is 0 Å². The van der Waals surface area contributed by atoms with Gasteiger partial charge in [0, 0.05) is 12.5 Å². The highest BCUT2D eigenvalue weighted by Gasteiger charge is 2.28. The molecule has 0 aliphatic heterocycles. The van der Waals surface area contributed by atoms with E-state index in [9.17, 15) is 19.5 Å². The van der Waals surface area contributed by atoms with Gasteiger partial charge in [-0.25, -0.2) is 14.4 Å². The van der Waals surface area contributed by atoms with Crippen molar-refractivity contribution in [3.8, 4) is 16.9 Å². The Kier molecular flexibility index (Phi) is 6.77. The van der Waals surface area contributed by atoms with E-state index < -0.39 is 18.0 Å². The van der Waals surface area contributed by atoms with Crippen LogP contribution in [0.2, 0.25) is 0 Å². The molecule has 3 aromatic rings. The van der Waals surface area contributed by atoms with Gasteiger partial charge in [0.05, 0.1) is 12.2 Å². The van der Waals surface area contributed by atoms with E-state index in [0.29, 0.717) is 6.42 Å². The van der Waals surface area contributed by atoms with Crippen molar-refractivity contribution in [2.24, 2.45) is 0 Å². The highest BCUT2D eigenvalue weighted by Crippen LogP contribution is 2.44. The molecule has 34 heavy (non-hydrogen) atoms. The van der Waals surface area contributed by atoms with Gasteiger partial charge in [0.1, 0.15) is 17.9 Å². The first-order valence-electron chi connectivity index (χ1n) is 10.8. The van der Waals surface area contributed by atoms with Crippen molar-refractivity contribution in [3.05, 3.63) is 89.0 Å². The van der Waals surface area contributed by atoms with E-state index in [-0.39, 0.29) is 42.6 Å². The maximum atomic E-state index is 12.2. The summed E-state index contributed by atoms with van der Waals surface area (Å²) in [7, 11) is 0. The maximum absolute atomic E-state index is 12.2. The molecule has 0 aromatic heterocycles. The van der Waals surface area contributed by atoms with Crippen molar-refractivity contribution in [1.29, 1.82) is 0 Å². The third kappa shape index (κ3) is 4.85. The molecule has 0 saturated heterocycles. The number of hydrogen-bond donors (Lipinski definition) is 3. The Hall–Kier alpha value is -4.33. The molecule has 4 rings (SSSR count). The van der Waals surface area contributed by atoms with Gasteiger partial charge in [-0.1, -0.05) is 48.5 Å². The average molecular weight is 461 g/mol. The molecule has 8 heteroatoms. The second kappa shape index (κ2) is 10.1. The summed E-state index contributed by atoms with van der Waals surface area (Å²) in [6, 6.07) is 19.7. The topological polar surface area (TPSA) is 122 Å². The number of benzene rings is 3. The van der Waals surface area contributed by atoms with Gasteiger partial charge < -0.3 is 25.0 Å². The minimum atomic E-state index is -1.22. The first-order valence-corrected chi connectivity index (χ1v) is 10.8. The number of carboxylic acid groups (broad SMARTS) is 2. The Labute approximate surface area is 195 Å². The van der Waals surface area contributed by atoms with Crippen LogP contribution >= 0.6 is 0 Å². The molecule has 0 bridgehead atoms. The molecule has 0 unspecified atom stereocenters. The van der Waals surface area contributed by atoms with Crippen molar-refractivity contribution < 1.29 is 34.1 Å². The number of amides is 1. The lowest BCUT2D eigenvalue weighted by Crippen LogP contribution is -2.27. The summed E-state index contributed by atoms with van der Waals surface area (Å²) < 4.78 is 10.9. The van der Waals surface area contributed by atoms with E-state index in [1.54, 1.807) is 0 Å². The number of aromatic carboxylic acids is 2. The molecule has 3 N–H and O–H groups in total. The van der Waals surface area contributed by atoms with E-state index in [1.165, 1.54) is 18.2 Å². The molecule has 3 aromatic carbocycles. The summed E-state index contributed by atoms with van der Waals surface area (Å²) in [4.78, 5) is 34.6. The molecular weight excluding hydrogens is 438 g/mol. The molecule has 1 amide bonds. The minimum absolute atomic E-state index is 0.0302. The fourth-order valence-electron chi connectivity index (χ4n) is 4.05. The van der Waals surface area contributed by atoms with Crippen molar-refractivity contribution in [3.63, 3.8) is 0 Å². The summed E-state index contributed by atoms with van der Waals surface area (Å²) in [5, 5.41) is 21.0. The quantitative estimate of drug-likeness (QED) is 0.404. The summed E-state index contributed by atoms with van der Waals surface area (Å²) in [6.07, 6.45) is -0.179. The molecule has 174 valence electrons. The zero-order valence-corrected chi connectivity index (χ0v) is 18.2. The van der Waals surface area contributed by atoms with Gasteiger partial charge in [0.25, 0.3) is 0 Å². The Morgan fingerprint density at radius 3 is 2.12 bits per heavy atom. The smallest absolute Gasteiger partial charge is 0.407 e. The number of hydrogen-bond acceptors (Lipinski definition) is 5. The fraction of sp³-hybridized carbons (Fsp3) is 0.192. The lowest BCUT2D eigenvalue weighted by molar-refractivity contribution is 0.0677. The molecule has 1 aliphatic carbocycles. The number of fused-ring (bicyclic) bond motifs is 3. The van der Waals surface area contributed by atoms with Gasteiger partial charge in [0.2, 0.25) is 0 Å².